The van der Waals surface area contributed by atoms with E-state index in [1.807, 2.05) is 42.5 Å². The molecule has 1 N–H and O–H groups in total. The van der Waals surface area contributed by atoms with Crippen molar-refractivity contribution in [1.82, 2.24) is 0 Å². The summed E-state index contributed by atoms with van der Waals surface area (Å²) in [6.45, 7) is 0. The third-order valence-corrected chi connectivity index (χ3v) is 4.39. The van der Waals surface area contributed by atoms with Crippen LogP contribution in [0.15, 0.2) is 87.6 Å². The summed E-state index contributed by atoms with van der Waals surface area (Å²) < 4.78 is 0. The lowest BCUT2D eigenvalue weighted by Gasteiger charge is -2.02. The molecule has 0 aromatic heterocycles. The van der Waals surface area contributed by atoms with Crippen molar-refractivity contribution >= 4 is 35.3 Å². The zero-order chi connectivity index (χ0) is 16.1. The van der Waals surface area contributed by atoms with Crippen molar-refractivity contribution in [3.63, 3.8) is 0 Å². The number of aromatic hydroxyl groups is 1. The van der Waals surface area contributed by atoms with Crippen LogP contribution in [0.3, 0.4) is 0 Å². The quantitative estimate of drug-likeness (QED) is 0.596. The summed E-state index contributed by atoms with van der Waals surface area (Å²) in [5.74, 6) is 0.217. The van der Waals surface area contributed by atoms with E-state index in [0.29, 0.717) is 0 Å². The zero-order valence-corrected chi connectivity index (χ0v) is 13.8. The third-order valence-electron chi connectivity index (χ3n) is 3.12. The van der Waals surface area contributed by atoms with E-state index in [1.54, 1.807) is 36.2 Å². The van der Waals surface area contributed by atoms with E-state index < -0.39 is 0 Å². The van der Waals surface area contributed by atoms with Crippen molar-refractivity contribution in [2.24, 2.45) is 4.99 Å². The van der Waals surface area contributed by atoms with Crippen LogP contribution in [-0.4, -0.2) is 11.3 Å². The van der Waals surface area contributed by atoms with Crippen LogP contribution in [0, 0.1) is 0 Å². The lowest BCUT2D eigenvalue weighted by atomic mass is 10.2. The van der Waals surface area contributed by atoms with Crippen LogP contribution in [0.25, 0.3) is 0 Å². The van der Waals surface area contributed by atoms with Gasteiger partial charge in [-0.25, -0.2) is 0 Å². The first-order valence-electron chi connectivity index (χ1n) is 7.06. The van der Waals surface area contributed by atoms with Gasteiger partial charge >= 0.3 is 0 Å². The van der Waals surface area contributed by atoms with Gasteiger partial charge in [-0.05, 0) is 54.1 Å². The van der Waals surface area contributed by atoms with Gasteiger partial charge in [0.2, 0.25) is 0 Å². The largest absolute Gasteiger partial charge is 0.508 e. The fourth-order valence-electron chi connectivity index (χ4n) is 1.98. The maximum atomic E-state index is 9.42. The van der Waals surface area contributed by atoms with Crippen molar-refractivity contribution in [3.05, 3.63) is 83.4 Å². The smallest absolute Gasteiger partial charge is 0.117 e. The minimum Gasteiger partial charge on any atom is -0.508 e. The lowest BCUT2D eigenvalue weighted by molar-refractivity contribution is 0.475. The second kappa shape index (κ2) is 7.36. The van der Waals surface area contributed by atoms with Gasteiger partial charge in [0.1, 0.15) is 5.75 Å². The number of hydrogen-bond donors (Lipinski definition) is 1. The molecule has 2 nitrogen and oxygen atoms in total. The zero-order valence-electron chi connectivity index (χ0n) is 12.2. The first-order valence-corrected chi connectivity index (χ1v) is 8.25. The molecule has 0 aliphatic carbocycles. The van der Waals surface area contributed by atoms with E-state index in [9.17, 15) is 5.11 Å². The van der Waals surface area contributed by atoms with E-state index in [2.05, 4.69) is 17.1 Å². The van der Waals surface area contributed by atoms with Gasteiger partial charge in [-0.15, -0.1) is 0 Å². The molecule has 114 valence electrons. The molecule has 0 amide bonds. The molecule has 0 spiro atoms. The summed E-state index contributed by atoms with van der Waals surface area (Å²) in [5, 5.41) is 10.2. The lowest BCUT2D eigenvalue weighted by Crippen LogP contribution is -1.81. The number of benzene rings is 3. The Hall–Kier alpha value is -2.23. The number of nitrogens with zero attached hydrogens (tertiary/aromatic N) is 1. The highest BCUT2D eigenvalue weighted by atomic mass is 35.5. The third kappa shape index (κ3) is 4.62. The predicted octanol–water partition coefficient (Wildman–Crippen LogP) is 5.95. The average Bonchev–Trinajstić information content (AvgIpc) is 2.56. The molecular formula is C19H14ClNOS. The maximum Gasteiger partial charge on any atom is 0.117 e. The summed E-state index contributed by atoms with van der Waals surface area (Å²) >= 11 is 7.58. The Labute approximate surface area is 144 Å². The van der Waals surface area contributed by atoms with Gasteiger partial charge in [0, 0.05) is 27.1 Å². The monoisotopic (exact) mass is 339 g/mol. The van der Waals surface area contributed by atoms with Gasteiger partial charge in [-0.2, -0.15) is 0 Å². The standard InChI is InChI=1S/C19H14ClNOS/c20-15-6-10-19(11-7-15)23-18-8-4-14(5-9-18)13-21-16-2-1-3-17(22)12-16/h1-13,22H. The highest BCUT2D eigenvalue weighted by Crippen LogP contribution is 2.28. The number of halogens is 1. The van der Waals surface area contributed by atoms with Crippen molar-refractivity contribution in [3.8, 4) is 5.75 Å². The highest BCUT2D eigenvalue weighted by Gasteiger charge is 1.98. The first-order chi connectivity index (χ1) is 11.2. The SMILES string of the molecule is Oc1cccc(N=Cc2ccc(Sc3ccc(Cl)cc3)cc2)c1. The van der Waals surface area contributed by atoms with Crippen molar-refractivity contribution in [1.29, 1.82) is 0 Å². The van der Waals surface area contributed by atoms with E-state index in [1.165, 1.54) is 0 Å². The summed E-state index contributed by atoms with van der Waals surface area (Å²) in [4.78, 5) is 6.66. The molecule has 3 aromatic rings. The van der Waals surface area contributed by atoms with Crippen molar-refractivity contribution < 1.29 is 5.11 Å². The van der Waals surface area contributed by atoms with E-state index >= 15 is 0 Å². The van der Waals surface area contributed by atoms with E-state index in [0.717, 1.165) is 26.1 Å². The second-order valence-corrected chi connectivity index (χ2v) is 6.49. The number of phenols is 1. The van der Waals surface area contributed by atoms with Crippen LogP contribution in [0.2, 0.25) is 5.02 Å². The Morgan fingerprint density at radius 2 is 1.52 bits per heavy atom. The van der Waals surface area contributed by atoms with Gasteiger partial charge in [0.25, 0.3) is 0 Å². The van der Waals surface area contributed by atoms with E-state index in [-0.39, 0.29) is 5.75 Å². The molecule has 0 saturated heterocycles. The second-order valence-electron chi connectivity index (χ2n) is 4.90. The molecule has 0 heterocycles. The van der Waals surface area contributed by atoms with E-state index in [4.69, 9.17) is 11.6 Å². The van der Waals surface area contributed by atoms with Crippen molar-refractivity contribution in [2.45, 2.75) is 9.79 Å². The minimum atomic E-state index is 0.217. The van der Waals surface area contributed by atoms with Crippen molar-refractivity contribution in [2.75, 3.05) is 0 Å². The average molecular weight is 340 g/mol. The topological polar surface area (TPSA) is 32.6 Å². The van der Waals surface area contributed by atoms with Crippen LogP contribution in [0.1, 0.15) is 5.56 Å². The molecule has 0 aliphatic rings. The summed E-state index contributed by atoms with van der Waals surface area (Å²) in [6, 6.07) is 22.8. The molecule has 0 aliphatic heterocycles. The molecule has 0 saturated carbocycles. The number of hydrogen-bond acceptors (Lipinski definition) is 3. The fraction of sp³-hybridized carbons (Fsp3) is 0. The van der Waals surface area contributed by atoms with Gasteiger partial charge in [-0.3, -0.25) is 4.99 Å². The molecule has 0 atom stereocenters. The molecule has 4 heteroatoms. The molecular weight excluding hydrogens is 326 g/mol. The summed E-state index contributed by atoms with van der Waals surface area (Å²) in [5.41, 5.74) is 1.73. The number of rotatable bonds is 4. The molecule has 0 fully saturated rings. The summed E-state index contributed by atoms with van der Waals surface area (Å²) in [6.07, 6.45) is 1.78. The Balaban J connectivity index is 1.68. The number of aliphatic imine (C=N–C) groups is 1. The Kier molecular flexibility index (Phi) is 5.01. The molecule has 3 rings (SSSR count). The van der Waals surface area contributed by atoms with Crippen LogP contribution in [0.4, 0.5) is 5.69 Å². The fourth-order valence-corrected chi connectivity index (χ4v) is 2.93. The predicted molar refractivity (Wildman–Crippen MR) is 97.4 cm³/mol. The minimum absolute atomic E-state index is 0.217. The van der Waals surface area contributed by atoms with Crippen LogP contribution in [-0.2, 0) is 0 Å². The van der Waals surface area contributed by atoms with Crippen LogP contribution >= 0.6 is 23.4 Å². The van der Waals surface area contributed by atoms with Gasteiger partial charge in [0.15, 0.2) is 0 Å². The molecule has 0 unspecified atom stereocenters. The summed E-state index contributed by atoms with van der Waals surface area (Å²) in [7, 11) is 0. The Bertz CT molecular complexity index is 814. The van der Waals surface area contributed by atoms with Gasteiger partial charge in [-0.1, -0.05) is 41.6 Å². The van der Waals surface area contributed by atoms with Gasteiger partial charge < -0.3 is 5.11 Å². The molecule has 3 aromatic carbocycles. The Morgan fingerprint density at radius 1 is 0.870 bits per heavy atom. The Morgan fingerprint density at radius 3 is 2.17 bits per heavy atom. The normalized spacial score (nSPS) is 11.0. The first kappa shape index (κ1) is 15.7. The van der Waals surface area contributed by atoms with Crippen LogP contribution < -0.4 is 0 Å². The highest BCUT2D eigenvalue weighted by molar-refractivity contribution is 7.99. The number of phenolic OH excluding ortho intramolecular Hbond substituents is 1. The molecule has 0 radical (unpaired) electrons. The van der Waals surface area contributed by atoms with Crippen LogP contribution in [0.5, 0.6) is 5.75 Å². The molecule has 0 bridgehead atoms. The maximum absolute atomic E-state index is 9.42. The molecule has 23 heavy (non-hydrogen) atoms. The van der Waals surface area contributed by atoms with Gasteiger partial charge in [0.05, 0.1) is 5.69 Å².